The predicted octanol–water partition coefficient (Wildman–Crippen LogP) is 2.26. The highest BCUT2D eigenvalue weighted by molar-refractivity contribution is 5.29. The lowest BCUT2D eigenvalue weighted by Gasteiger charge is -2.24. The number of hydrogen-bond donors (Lipinski definition) is 1. The van der Waals surface area contributed by atoms with E-state index in [0.29, 0.717) is 5.56 Å². The van der Waals surface area contributed by atoms with Gasteiger partial charge in [0, 0.05) is 6.54 Å². The average molecular weight is 209 g/mol. The summed E-state index contributed by atoms with van der Waals surface area (Å²) in [5, 5.41) is 3.28. The maximum absolute atomic E-state index is 13.0. The van der Waals surface area contributed by atoms with E-state index in [0.717, 1.165) is 31.7 Å². The Morgan fingerprint density at radius 2 is 2.33 bits per heavy atom. The van der Waals surface area contributed by atoms with Crippen LogP contribution in [0.5, 0.6) is 5.75 Å². The van der Waals surface area contributed by atoms with Crippen LogP contribution in [0, 0.1) is 12.7 Å². The van der Waals surface area contributed by atoms with Crippen LogP contribution in [-0.4, -0.2) is 19.2 Å². The normalized spacial score (nSPS) is 21.3. The maximum Gasteiger partial charge on any atom is 0.126 e. The summed E-state index contributed by atoms with van der Waals surface area (Å²) in [4.78, 5) is 0. The zero-order valence-electron chi connectivity index (χ0n) is 8.92. The molecule has 0 saturated carbocycles. The van der Waals surface area contributed by atoms with Crippen LogP contribution < -0.4 is 10.1 Å². The molecule has 1 saturated heterocycles. The zero-order valence-corrected chi connectivity index (χ0v) is 8.92. The second-order valence-corrected chi connectivity index (χ2v) is 4.00. The monoisotopic (exact) mass is 209 g/mol. The summed E-state index contributed by atoms with van der Waals surface area (Å²) in [5.41, 5.74) is 0.635. The molecule has 1 aliphatic rings. The van der Waals surface area contributed by atoms with E-state index in [1.807, 2.05) is 0 Å². The molecule has 3 heteroatoms. The van der Waals surface area contributed by atoms with Gasteiger partial charge >= 0.3 is 0 Å². The molecule has 0 aliphatic carbocycles. The van der Waals surface area contributed by atoms with E-state index < -0.39 is 0 Å². The molecule has 1 aromatic rings. The fourth-order valence-electron chi connectivity index (χ4n) is 1.80. The largest absolute Gasteiger partial charge is 0.489 e. The zero-order chi connectivity index (χ0) is 10.7. The van der Waals surface area contributed by atoms with E-state index in [2.05, 4.69) is 5.32 Å². The Morgan fingerprint density at radius 3 is 3.00 bits per heavy atom. The summed E-state index contributed by atoms with van der Waals surface area (Å²) in [7, 11) is 0. The molecule has 2 rings (SSSR count). The van der Waals surface area contributed by atoms with Crippen molar-refractivity contribution in [2.24, 2.45) is 0 Å². The molecule has 0 aromatic heterocycles. The third kappa shape index (κ3) is 2.69. The molecule has 2 nitrogen and oxygen atoms in total. The van der Waals surface area contributed by atoms with Gasteiger partial charge < -0.3 is 10.1 Å². The van der Waals surface area contributed by atoms with Crippen LogP contribution in [0.3, 0.4) is 0 Å². The predicted molar refractivity (Wildman–Crippen MR) is 57.7 cm³/mol. The van der Waals surface area contributed by atoms with E-state index in [1.165, 1.54) is 6.07 Å². The van der Waals surface area contributed by atoms with Gasteiger partial charge in [-0.15, -0.1) is 0 Å². The van der Waals surface area contributed by atoms with Crippen molar-refractivity contribution in [2.75, 3.05) is 13.1 Å². The van der Waals surface area contributed by atoms with Crippen molar-refractivity contribution < 1.29 is 9.13 Å². The number of aryl methyl sites for hydroxylation is 1. The minimum Gasteiger partial charge on any atom is -0.489 e. The first kappa shape index (κ1) is 10.4. The molecule has 0 spiro atoms. The van der Waals surface area contributed by atoms with E-state index >= 15 is 0 Å². The summed E-state index contributed by atoms with van der Waals surface area (Å²) in [6, 6.07) is 4.90. The van der Waals surface area contributed by atoms with Gasteiger partial charge in [-0.2, -0.15) is 0 Å². The SMILES string of the molecule is Cc1cc(O[C@H]2CCCNC2)ccc1F. The van der Waals surface area contributed by atoms with E-state index in [9.17, 15) is 4.39 Å². The van der Waals surface area contributed by atoms with Gasteiger partial charge in [-0.3, -0.25) is 0 Å². The molecule has 1 N–H and O–H groups in total. The Hall–Kier alpha value is -1.09. The summed E-state index contributed by atoms with van der Waals surface area (Å²) in [6.45, 7) is 3.71. The summed E-state index contributed by atoms with van der Waals surface area (Å²) in [6.07, 6.45) is 2.44. The van der Waals surface area contributed by atoms with Crippen molar-refractivity contribution >= 4 is 0 Å². The van der Waals surface area contributed by atoms with Crippen molar-refractivity contribution in [1.82, 2.24) is 5.32 Å². The first-order valence-electron chi connectivity index (χ1n) is 5.39. The Balaban J connectivity index is 2.00. The molecule has 82 valence electrons. The van der Waals surface area contributed by atoms with Crippen molar-refractivity contribution in [2.45, 2.75) is 25.9 Å². The Labute approximate surface area is 89.4 Å². The van der Waals surface area contributed by atoms with Gasteiger partial charge in [0.25, 0.3) is 0 Å². The highest BCUT2D eigenvalue weighted by Gasteiger charge is 2.14. The number of halogens is 1. The molecule has 0 bridgehead atoms. The Bertz CT molecular complexity index is 334. The van der Waals surface area contributed by atoms with Gasteiger partial charge in [0.2, 0.25) is 0 Å². The third-order valence-corrected chi connectivity index (χ3v) is 2.68. The minimum absolute atomic E-state index is 0.177. The first-order valence-corrected chi connectivity index (χ1v) is 5.39. The lowest BCUT2D eigenvalue weighted by molar-refractivity contribution is 0.167. The van der Waals surface area contributed by atoms with Gasteiger partial charge in [0.05, 0.1) is 0 Å². The van der Waals surface area contributed by atoms with Crippen molar-refractivity contribution in [3.8, 4) is 5.75 Å². The number of ether oxygens (including phenoxy) is 1. The van der Waals surface area contributed by atoms with E-state index in [-0.39, 0.29) is 11.9 Å². The molecule has 0 radical (unpaired) electrons. The fraction of sp³-hybridized carbons (Fsp3) is 0.500. The molecular weight excluding hydrogens is 193 g/mol. The van der Waals surface area contributed by atoms with Crippen LogP contribution >= 0.6 is 0 Å². The van der Waals surface area contributed by atoms with Gasteiger partial charge in [0.15, 0.2) is 0 Å². The van der Waals surface area contributed by atoms with Crippen LogP contribution in [0.25, 0.3) is 0 Å². The van der Waals surface area contributed by atoms with Crippen LogP contribution in [0.2, 0.25) is 0 Å². The lowest BCUT2D eigenvalue weighted by Crippen LogP contribution is -2.37. The van der Waals surface area contributed by atoms with Crippen LogP contribution in [0.1, 0.15) is 18.4 Å². The number of rotatable bonds is 2. The quantitative estimate of drug-likeness (QED) is 0.806. The van der Waals surface area contributed by atoms with Crippen molar-refractivity contribution in [1.29, 1.82) is 0 Å². The number of nitrogens with one attached hydrogen (secondary N) is 1. The van der Waals surface area contributed by atoms with Gasteiger partial charge in [-0.05, 0) is 50.1 Å². The molecule has 1 aromatic carbocycles. The second-order valence-electron chi connectivity index (χ2n) is 4.00. The third-order valence-electron chi connectivity index (χ3n) is 2.68. The maximum atomic E-state index is 13.0. The molecule has 15 heavy (non-hydrogen) atoms. The van der Waals surface area contributed by atoms with E-state index in [1.54, 1.807) is 19.1 Å². The highest BCUT2D eigenvalue weighted by atomic mass is 19.1. The first-order chi connectivity index (χ1) is 7.25. The molecule has 0 unspecified atom stereocenters. The fourth-order valence-corrected chi connectivity index (χ4v) is 1.80. The molecule has 0 amide bonds. The minimum atomic E-state index is -0.177. The number of hydrogen-bond acceptors (Lipinski definition) is 2. The van der Waals surface area contributed by atoms with Gasteiger partial charge in [0.1, 0.15) is 17.7 Å². The topological polar surface area (TPSA) is 21.3 Å². The van der Waals surface area contributed by atoms with Crippen LogP contribution in [0.15, 0.2) is 18.2 Å². The van der Waals surface area contributed by atoms with Crippen molar-refractivity contribution in [3.05, 3.63) is 29.6 Å². The van der Waals surface area contributed by atoms with Gasteiger partial charge in [-0.1, -0.05) is 0 Å². The smallest absolute Gasteiger partial charge is 0.126 e. The van der Waals surface area contributed by atoms with Crippen LogP contribution in [0.4, 0.5) is 4.39 Å². The van der Waals surface area contributed by atoms with Crippen molar-refractivity contribution in [3.63, 3.8) is 0 Å². The standard InChI is InChI=1S/C12H16FNO/c1-9-7-10(4-5-12(9)13)15-11-3-2-6-14-8-11/h4-5,7,11,14H,2-3,6,8H2,1H3/t11-/m0/s1. The molecule has 1 fully saturated rings. The van der Waals surface area contributed by atoms with Crippen LogP contribution in [-0.2, 0) is 0 Å². The Morgan fingerprint density at radius 1 is 1.47 bits per heavy atom. The molecule has 1 heterocycles. The number of benzene rings is 1. The second kappa shape index (κ2) is 4.62. The summed E-state index contributed by atoms with van der Waals surface area (Å²) >= 11 is 0. The van der Waals surface area contributed by atoms with E-state index in [4.69, 9.17) is 4.74 Å². The number of piperidine rings is 1. The highest BCUT2D eigenvalue weighted by Crippen LogP contribution is 2.19. The Kier molecular flexibility index (Phi) is 3.21. The lowest BCUT2D eigenvalue weighted by atomic mass is 10.1. The summed E-state index contributed by atoms with van der Waals surface area (Å²) in [5.74, 6) is 0.590. The molecule has 1 aliphatic heterocycles. The average Bonchev–Trinajstić information content (AvgIpc) is 2.25. The van der Waals surface area contributed by atoms with Gasteiger partial charge in [-0.25, -0.2) is 4.39 Å². The summed E-state index contributed by atoms with van der Waals surface area (Å²) < 4.78 is 18.8. The molecular formula is C12H16FNO. The molecule has 1 atom stereocenters.